The molecule has 2 amide bonds. The van der Waals surface area contributed by atoms with Crippen LogP contribution in [0.3, 0.4) is 0 Å². The van der Waals surface area contributed by atoms with Crippen LogP contribution in [0.5, 0.6) is 0 Å². The summed E-state index contributed by atoms with van der Waals surface area (Å²) in [6.07, 6.45) is 2.21. The topological polar surface area (TPSA) is 49.4 Å². The van der Waals surface area contributed by atoms with Gasteiger partial charge in [-0.3, -0.25) is 9.59 Å². The molecule has 1 atom stereocenters. The Morgan fingerprint density at radius 2 is 2.00 bits per heavy atom. The van der Waals surface area contributed by atoms with Gasteiger partial charge in [0.2, 0.25) is 5.91 Å². The first-order chi connectivity index (χ1) is 13.0. The van der Waals surface area contributed by atoms with Gasteiger partial charge in [-0.25, -0.2) is 4.39 Å². The largest absolute Gasteiger partial charge is 0.352 e. The van der Waals surface area contributed by atoms with Crippen molar-refractivity contribution in [2.24, 2.45) is 5.92 Å². The van der Waals surface area contributed by atoms with Crippen molar-refractivity contribution in [3.8, 4) is 0 Å². The number of thiophene rings is 1. The molecule has 1 unspecified atom stereocenters. The van der Waals surface area contributed by atoms with Gasteiger partial charge in [0.15, 0.2) is 0 Å². The number of halogens is 1. The Morgan fingerprint density at radius 1 is 1.26 bits per heavy atom. The van der Waals surface area contributed by atoms with Crippen molar-refractivity contribution in [2.45, 2.75) is 39.7 Å². The normalized spacial score (nSPS) is 15.9. The summed E-state index contributed by atoms with van der Waals surface area (Å²) in [5.41, 5.74) is 1.60. The maximum Gasteiger partial charge on any atom is 0.263 e. The zero-order chi connectivity index (χ0) is 19.4. The zero-order valence-corrected chi connectivity index (χ0v) is 16.6. The van der Waals surface area contributed by atoms with Crippen LogP contribution in [0.25, 0.3) is 0 Å². The van der Waals surface area contributed by atoms with Gasteiger partial charge in [-0.05, 0) is 50.8 Å². The van der Waals surface area contributed by atoms with Gasteiger partial charge in [0.1, 0.15) is 5.82 Å². The number of hydrogen-bond donors (Lipinski definition) is 1. The van der Waals surface area contributed by atoms with E-state index in [4.69, 9.17) is 0 Å². The number of carbonyl (C=O) groups excluding carboxylic acids is 2. The summed E-state index contributed by atoms with van der Waals surface area (Å²) < 4.78 is 13.7. The van der Waals surface area contributed by atoms with Gasteiger partial charge < -0.3 is 10.2 Å². The molecule has 0 bridgehead atoms. The van der Waals surface area contributed by atoms with Crippen LogP contribution in [0.2, 0.25) is 0 Å². The predicted octanol–water partition coefficient (Wildman–Crippen LogP) is 3.79. The van der Waals surface area contributed by atoms with Gasteiger partial charge in [0.05, 0.1) is 4.88 Å². The number of rotatable bonds is 6. The van der Waals surface area contributed by atoms with E-state index in [0.29, 0.717) is 25.1 Å². The minimum atomic E-state index is -0.305. The molecule has 4 nitrogen and oxygen atoms in total. The number of carbonyl (C=O) groups is 2. The molecule has 0 fully saturated rings. The fourth-order valence-electron chi connectivity index (χ4n) is 3.49. The lowest BCUT2D eigenvalue weighted by Gasteiger charge is -2.21. The molecule has 1 aromatic heterocycles. The highest BCUT2D eigenvalue weighted by Crippen LogP contribution is 2.33. The number of nitrogens with zero attached hydrogens (tertiary/aromatic N) is 1. The summed E-state index contributed by atoms with van der Waals surface area (Å²) in [5, 5.41) is 2.86. The number of fused-ring (bicyclic) bond motifs is 1. The van der Waals surface area contributed by atoms with Crippen LogP contribution in [0.4, 0.5) is 4.39 Å². The van der Waals surface area contributed by atoms with Crippen molar-refractivity contribution >= 4 is 23.2 Å². The second-order valence-corrected chi connectivity index (χ2v) is 7.92. The molecule has 1 aliphatic rings. The third kappa shape index (κ3) is 4.38. The Labute approximate surface area is 163 Å². The highest BCUT2D eigenvalue weighted by molar-refractivity contribution is 7.14. The van der Waals surface area contributed by atoms with Gasteiger partial charge in [-0.2, -0.15) is 0 Å². The van der Waals surface area contributed by atoms with Crippen LogP contribution in [-0.4, -0.2) is 29.8 Å². The predicted molar refractivity (Wildman–Crippen MR) is 105 cm³/mol. The van der Waals surface area contributed by atoms with Crippen LogP contribution in [-0.2, 0) is 24.2 Å². The molecule has 0 aliphatic heterocycles. The molecule has 1 aliphatic carbocycles. The van der Waals surface area contributed by atoms with Gasteiger partial charge in [0, 0.05) is 36.0 Å². The van der Waals surface area contributed by atoms with Gasteiger partial charge in [-0.15, -0.1) is 11.3 Å². The van der Waals surface area contributed by atoms with Crippen molar-refractivity contribution in [1.29, 1.82) is 0 Å². The van der Waals surface area contributed by atoms with Crippen molar-refractivity contribution in [3.05, 3.63) is 57.0 Å². The van der Waals surface area contributed by atoms with Crippen molar-refractivity contribution in [2.75, 3.05) is 13.1 Å². The SMILES string of the molecule is CCN(CC)C(=O)c1cc2c(s1)CCC(C(=O)NCc1ccccc1F)C2. The standard InChI is InChI=1S/C21H25FN2O2S/c1-3-24(4-2)21(26)19-12-16-11-14(9-10-18(16)27-19)20(25)23-13-15-7-5-6-8-17(15)22/h5-8,12,14H,3-4,9-11,13H2,1-2H3,(H,23,25). The lowest BCUT2D eigenvalue weighted by atomic mass is 9.87. The van der Waals surface area contributed by atoms with E-state index in [9.17, 15) is 14.0 Å². The molecule has 0 radical (unpaired) electrons. The molecule has 144 valence electrons. The third-order valence-corrected chi connectivity index (χ3v) is 6.35. The summed E-state index contributed by atoms with van der Waals surface area (Å²) in [6, 6.07) is 8.43. The molecule has 1 N–H and O–H groups in total. The Morgan fingerprint density at radius 3 is 2.70 bits per heavy atom. The van der Waals surface area contributed by atoms with Crippen LogP contribution >= 0.6 is 11.3 Å². The summed E-state index contributed by atoms with van der Waals surface area (Å²) in [6.45, 7) is 5.54. The number of nitrogens with one attached hydrogen (secondary N) is 1. The Balaban J connectivity index is 1.63. The molecule has 1 aromatic carbocycles. The fourth-order valence-corrected chi connectivity index (χ4v) is 4.66. The molecular weight excluding hydrogens is 363 g/mol. The van der Waals surface area contributed by atoms with Crippen LogP contribution < -0.4 is 5.32 Å². The van der Waals surface area contributed by atoms with Crippen LogP contribution in [0.1, 0.15) is 45.9 Å². The lowest BCUT2D eigenvalue weighted by Crippen LogP contribution is -2.33. The van der Waals surface area contributed by atoms with E-state index in [1.165, 1.54) is 10.9 Å². The lowest BCUT2D eigenvalue weighted by molar-refractivity contribution is -0.125. The van der Waals surface area contributed by atoms with Crippen LogP contribution in [0, 0.1) is 11.7 Å². The van der Waals surface area contributed by atoms with Gasteiger partial charge in [0.25, 0.3) is 5.91 Å². The first-order valence-electron chi connectivity index (χ1n) is 9.45. The Bertz CT molecular complexity index is 829. The molecule has 1 heterocycles. The molecule has 6 heteroatoms. The minimum Gasteiger partial charge on any atom is -0.352 e. The number of amides is 2. The van der Waals surface area contributed by atoms with Crippen molar-refractivity contribution in [1.82, 2.24) is 10.2 Å². The van der Waals surface area contributed by atoms with E-state index in [0.717, 1.165) is 23.3 Å². The van der Waals surface area contributed by atoms with E-state index >= 15 is 0 Å². The third-order valence-electron chi connectivity index (χ3n) is 5.13. The van der Waals surface area contributed by atoms with E-state index < -0.39 is 0 Å². The van der Waals surface area contributed by atoms with Crippen LogP contribution in [0.15, 0.2) is 30.3 Å². The highest BCUT2D eigenvalue weighted by Gasteiger charge is 2.28. The maximum absolute atomic E-state index is 13.7. The number of benzene rings is 1. The summed E-state index contributed by atoms with van der Waals surface area (Å²) >= 11 is 1.56. The van der Waals surface area contributed by atoms with Crippen molar-refractivity contribution in [3.63, 3.8) is 0 Å². The van der Waals surface area contributed by atoms with Gasteiger partial charge >= 0.3 is 0 Å². The first-order valence-corrected chi connectivity index (χ1v) is 10.3. The van der Waals surface area contributed by atoms with E-state index in [2.05, 4.69) is 5.32 Å². The zero-order valence-electron chi connectivity index (χ0n) is 15.8. The molecule has 2 aromatic rings. The quantitative estimate of drug-likeness (QED) is 0.819. The molecule has 0 saturated carbocycles. The second kappa shape index (κ2) is 8.65. The van der Waals surface area contributed by atoms with E-state index in [1.807, 2.05) is 24.8 Å². The second-order valence-electron chi connectivity index (χ2n) is 6.79. The monoisotopic (exact) mass is 388 g/mol. The van der Waals surface area contributed by atoms with E-state index in [1.54, 1.807) is 29.5 Å². The number of aryl methyl sites for hydroxylation is 1. The minimum absolute atomic E-state index is 0.0493. The average Bonchev–Trinajstić information content (AvgIpc) is 3.11. The molecular formula is C21H25FN2O2S. The molecule has 3 rings (SSSR count). The number of hydrogen-bond acceptors (Lipinski definition) is 3. The molecule has 27 heavy (non-hydrogen) atoms. The van der Waals surface area contributed by atoms with E-state index in [-0.39, 0.29) is 30.1 Å². The average molecular weight is 389 g/mol. The maximum atomic E-state index is 13.7. The molecule has 0 saturated heterocycles. The smallest absolute Gasteiger partial charge is 0.263 e. The fraction of sp³-hybridized carbons (Fsp3) is 0.429. The highest BCUT2D eigenvalue weighted by atomic mass is 32.1. The summed E-state index contributed by atoms with van der Waals surface area (Å²) in [4.78, 5) is 28.9. The Kier molecular flexibility index (Phi) is 6.26. The Hall–Kier alpha value is -2.21. The summed E-state index contributed by atoms with van der Waals surface area (Å²) in [7, 11) is 0. The molecule has 0 spiro atoms. The van der Waals surface area contributed by atoms with Gasteiger partial charge in [-0.1, -0.05) is 18.2 Å². The van der Waals surface area contributed by atoms with Crippen molar-refractivity contribution < 1.29 is 14.0 Å². The first kappa shape index (κ1) is 19.5. The summed E-state index contributed by atoms with van der Waals surface area (Å²) in [5.74, 6) is -0.414.